The number of aryl methyl sites for hydroxylation is 1. The van der Waals surface area contributed by atoms with Gasteiger partial charge in [-0.1, -0.05) is 6.07 Å². The van der Waals surface area contributed by atoms with Crippen LogP contribution < -0.4 is 4.74 Å². The molecule has 0 heterocycles. The molecule has 1 aromatic rings. The summed E-state index contributed by atoms with van der Waals surface area (Å²) in [5.74, 6) is -2.63. The number of benzene rings is 1. The van der Waals surface area contributed by atoms with Crippen LogP contribution >= 0.6 is 0 Å². The van der Waals surface area contributed by atoms with Gasteiger partial charge in [-0.3, -0.25) is 0 Å². The standard InChI is InChI=1S/C13H18F2O2/c1-10-5-6-11(13(2,14)15)12(9-10)17-8-4-7-16-3/h5-6,9H,4,7-8H2,1-3H3. The number of hydrogen-bond acceptors (Lipinski definition) is 2. The zero-order valence-corrected chi connectivity index (χ0v) is 10.4. The molecule has 0 amide bonds. The zero-order chi connectivity index (χ0) is 12.9. The molecule has 0 saturated heterocycles. The van der Waals surface area contributed by atoms with E-state index in [1.807, 2.05) is 6.92 Å². The average Bonchev–Trinajstić information content (AvgIpc) is 2.23. The van der Waals surface area contributed by atoms with Crippen molar-refractivity contribution in [1.82, 2.24) is 0 Å². The third-order valence-electron chi connectivity index (χ3n) is 2.36. The van der Waals surface area contributed by atoms with Gasteiger partial charge in [0.25, 0.3) is 5.92 Å². The van der Waals surface area contributed by atoms with Gasteiger partial charge >= 0.3 is 0 Å². The largest absolute Gasteiger partial charge is 0.493 e. The lowest BCUT2D eigenvalue weighted by Crippen LogP contribution is -2.11. The molecule has 1 aromatic carbocycles. The smallest absolute Gasteiger partial charge is 0.274 e. The molecule has 0 aliphatic rings. The first-order valence-electron chi connectivity index (χ1n) is 5.56. The summed E-state index contributed by atoms with van der Waals surface area (Å²) < 4.78 is 36.9. The van der Waals surface area contributed by atoms with Crippen molar-refractivity contribution in [1.29, 1.82) is 0 Å². The molecule has 4 heteroatoms. The number of hydrogen-bond donors (Lipinski definition) is 0. The molecule has 0 saturated carbocycles. The lowest BCUT2D eigenvalue weighted by atomic mass is 10.1. The van der Waals surface area contributed by atoms with E-state index in [0.717, 1.165) is 12.5 Å². The Balaban J connectivity index is 2.77. The summed E-state index contributed by atoms with van der Waals surface area (Å²) in [6.45, 7) is 3.66. The Bertz CT molecular complexity index is 359. The molecule has 0 aromatic heterocycles. The van der Waals surface area contributed by atoms with Crippen molar-refractivity contribution < 1.29 is 18.3 Å². The fourth-order valence-corrected chi connectivity index (χ4v) is 1.50. The van der Waals surface area contributed by atoms with E-state index < -0.39 is 5.92 Å². The third-order valence-corrected chi connectivity index (χ3v) is 2.36. The van der Waals surface area contributed by atoms with Gasteiger partial charge in [0.05, 0.1) is 12.2 Å². The van der Waals surface area contributed by atoms with Gasteiger partial charge in [0.15, 0.2) is 0 Å². The highest BCUT2D eigenvalue weighted by Gasteiger charge is 2.28. The second-order valence-electron chi connectivity index (χ2n) is 4.08. The van der Waals surface area contributed by atoms with E-state index in [1.165, 1.54) is 6.07 Å². The molecule has 0 unspecified atom stereocenters. The van der Waals surface area contributed by atoms with Crippen LogP contribution in [0.4, 0.5) is 8.78 Å². The van der Waals surface area contributed by atoms with Crippen LogP contribution in [0.5, 0.6) is 5.75 Å². The maximum atomic E-state index is 13.3. The predicted molar refractivity (Wildman–Crippen MR) is 62.7 cm³/mol. The minimum Gasteiger partial charge on any atom is -0.493 e. The molecule has 0 radical (unpaired) electrons. The van der Waals surface area contributed by atoms with Gasteiger partial charge < -0.3 is 9.47 Å². The minimum atomic E-state index is -2.88. The molecule has 0 atom stereocenters. The highest BCUT2D eigenvalue weighted by Crippen LogP contribution is 2.35. The quantitative estimate of drug-likeness (QED) is 0.713. The van der Waals surface area contributed by atoms with Crippen molar-refractivity contribution in [3.63, 3.8) is 0 Å². The zero-order valence-electron chi connectivity index (χ0n) is 10.4. The Labute approximate surface area is 101 Å². The Morgan fingerprint density at radius 2 is 1.94 bits per heavy atom. The summed E-state index contributed by atoms with van der Waals surface area (Å²) in [7, 11) is 1.60. The molecular formula is C13H18F2O2. The van der Waals surface area contributed by atoms with Gasteiger partial charge in [-0.05, 0) is 24.6 Å². The fourth-order valence-electron chi connectivity index (χ4n) is 1.50. The lowest BCUT2D eigenvalue weighted by molar-refractivity contribution is 0.0143. The summed E-state index contributed by atoms with van der Waals surface area (Å²) in [4.78, 5) is 0. The van der Waals surface area contributed by atoms with E-state index in [4.69, 9.17) is 9.47 Å². The number of alkyl halides is 2. The second-order valence-corrected chi connectivity index (χ2v) is 4.08. The summed E-state index contributed by atoms with van der Waals surface area (Å²) in [6, 6.07) is 4.72. The van der Waals surface area contributed by atoms with Crippen LogP contribution in [-0.4, -0.2) is 20.3 Å². The van der Waals surface area contributed by atoms with Crippen LogP contribution in [0.25, 0.3) is 0 Å². The maximum absolute atomic E-state index is 13.3. The van der Waals surface area contributed by atoms with Crippen molar-refractivity contribution in [2.75, 3.05) is 20.3 Å². The molecule has 0 fully saturated rings. The Hall–Kier alpha value is -1.16. The van der Waals surface area contributed by atoms with Gasteiger partial charge in [0, 0.05) is 27.1 Å². The number of methoxy groups -OCH3 is 1. The molecular weight excluding hydrogens is 226 g/mol. The van der Waals surface area contributed by atoms with Gasteiger partial charge in [0.2, 0.25) is 0 Å². The monoisotopic (exact) mass is 244 g/mol. The maximum Gasteiger partial charge on any atom is 0.274 e. The number of ether oxygens (including phenoxy) is 2. The van der Waals surface area contributed by atoms with Crippen molar-refractivity contribution in [3.8, 4) is 5.75 Å². The van der Waals surface area contributed by atoms with Crippen LogP contribution in [-0.2, 0) is 10.7 Å². The minimum absolute atomic E-state index is 0.0690. The summed E-state index contributed by atoms with van der Waals surface area (Å²) in [6.07, 6.45) is 0.680. The van der Waals surface area contributed by atoms with E-state index in [0.29, 0.717) is 19.6 Å². The number of halogens is 2. The predicted octanol–water partition coefficient (Wildman–Crippen LogP) is 3.52. The normalized spacial score (nSPS) is 11.6. The van der Waals surface area contributed by atoms with E-state index >= 15 is 0 Å². The van der Waals surface area contributed by atoms with Crippen molar-refractivity contribution in [3.05, 3.63) is 29.3 Å². The summed E-state index contributed by atoms with van der Waals surface area (Å²) in [5, 5.41) is 0. The van der Waals surface area contributed by atoms with Crippen LogP contribution in [0.1, 0.15) is 24.5 Å². The van der Waals surface area contributed by atoms with Crippen molar-refractivity contribution in [2.24, 2.45) is 0 Å². The topological polar surface area (TPSA) is 18.5 Å². The van der Waals surface area contributed by atoms with Gasteiger partial charge in [-0.15, -0.1) is 0 Å². The molecule has 0 aliphatic heterocycles. The molecule has 0 bridgehead atoms. The second kappa shape index (κ2) is 5.96. The first-order chi connectivity index (χ1) is 7.95. The van der Waals surface area contributed by atoms with Gasteiger partial charge in [0.1, 0.15) is 5.75 Å². The molecule has 17 heavy (non-hydrogen) atoms. The van der Waals surface area contributed by atoms with E-state index in [9.17, 15) is 8.78 Å². The third kappa shape index (κ3) is 4.30. The molecule has 0 N–H and O–H groups in total. The average molecular weight is 244 g/mol. The van der Waals surface area contributed by atoms with Gasteiger partial charge in [-0.2, -0.15) is 0 Å². The van der Waals surface area contributed by atoms with Crippen molar-refractivity contribution >= 4 is 0 Å². The molecule has 2 nitrogen and oxygen atoms in total. The van der Waals surface area contributed by atoms with E-state index in [1.54, 1.807) is 19.2 Å². The fraction of sp³-hybridized carbons (Fsp3) is 0.538. The van der Waals surface area contributed by atoms with Gasteiger partial charge in [-0.25, -0.2) is 8.78 Å². The first-order valence-corrected chi connectivity index (χ1v) is 5.56. The highest BCUT2D eigenvalue weighted by molar-refractivity contribution is 5.39. The summed E-state index contributed by atoms with van der Waals surface area (Å²) >= 11 is 0. The Morgan fingerprint density at radius 1 is 1.24 bits per heavy atom. The van der Waals surface area contributed by atoms with E-state index in [-0.39, 0.29) is 11.3 Å². The molecule has 0 spiro atoms. The number of rotatable bonds is 6. The Morgan fingerprint density at radius 3 is 2.53 bits per heavy atom. The molecule has 96 valence electrons. The lowest BCUT2D eigenvalue weighted by Gasteiger charge is -2.17. The summed E-state index contributed by atoms with van der Waals surface area (Å²) in [5.41, 5.74) is 0.834. The van der Waals surface area contributed by atoms with Crippen LogP contribution in [0.2, 0.25) is 0 Å². The molecule has 1 rings (SSSR count). The van der Waals surface area contributed by atoms with Crippen molar-refractivity contribution in [2.45, 2.75) is 26.2 Å². The SMILES string of the molecule is COCCCOc1cc(C)ccc1C(C)(F)F. The first kappa shape index (κ1) is 13.9. The van der Waals surface area contributed by atoms with E-state index in [2.05, 4.69) is 0 Å². The highest BCUT2D eigenvalue weighted by atomic mass is 19.3. The Kier molecular flexibility index (Phi) is 4.87. The van der Waals surface area contributed by atoms with Crippen LogP contribution in [0.3, 0.4) is 0 Å². The molecule has 0 aliphatic carbocycles. The van der Waals surface area contributed by atoms with Crippen LogP contribution in [0, 0.1) is 6.92 Å². The van der Waals surface area contributed by atoms with Crippen LogP contribution in [0.15, 0.2) is 18.2 Å².